The first-order valence-corrected chi connectivity index (χ1v) is 5.69. The molecule has 1 aromatic rings. The first-order chi connectivity index (χ1) is 8.23. The Balaban J connectivity index is 2.89. The van der Waals surface area contributed by atoms with Crippen molar-refractivity contribution in [3.63, 3.8) is 0 Å². The van der Waals surface area contributed by atoms with Gasteiger partial charge in [-0.05, 0) is 51.0 Å². The van der Waals surface area contributed by atoms with Gasteiger partial charge in [-0.15, -0.1) is 0 Å². The number of carbonyl (C=O) groups is 1. The van der Waals surface area contributed by atoms with Crippen LogP contribution in [-0.4, -0.2) is 16.8 Å². The summed E-state index contributed by atoms with van der Waals surface area (Å²) in [6, 6.07) is 3.23. The smallest absolute Gasteiger partial charge is 0.412 e. The number of hydrogen-bond donors (Lipinski definition) is 2. The van der Waals surface area contributed by atoms with E-state index in [1.807, 2.05) is 6.92 Å². The number of amides is 1. The molecule has 0 heterocycles. The maximum absolute atomic E-state index is 11.6. The number of nitrogens with one attached hydrogen (secondary N) is 1. The van der Waals surface area contributed by atoms with Gasteiger partial charge in [-0.1, -0.05) is 12.7 Å². The molecule has 0 aliphatic carbocycles. The van der Waals surface area contributed by atoms with Gasteiger partial charge in [0, 0.05) is 0 Å². The average molecular weight is 249 g/mol. The lowest BCUT2D eigenvalue weighted by Gasteiger charge is -2.20. The van der Waals surface area contributed by atoms with Crippen LogP contribution < -0.4 is 5.32 Å². The highest BCUT2D eigenvalue weighted by molar-refractivity contribution is 5.87. The third-order valence-corrected chi connectivity index (χ3v) is 2.24. The first kappa shape index (κ1) is 14.1. The summed E-state index contributed by atoms with van der Waals surface area (Å²) in [5.74, 6) is -0.0126. The second-order valence-electron chi connectivity index (χ2n) is 5.06. The number of phenolic OH excluding ortho intramolecular Hbond substituents is 1. The Kier molecular flexibility index (Phi) is 4.01. The van der Waals surface area contributed by atoms with Crippen molar-refractivity contribution in [1.29, 1.82) is 0 Å². The number of aromatic hydroxyl groups is 1. The van der Waals surface area contributed by atoms with Crippen molar-refractivity contribution in [1.82, 2.24) is 0 Å². The Hall–Kier alpha value is -1.97. The van der Waals surface area contributed by atoms with Gasteiger partial charge in [0.15, 0.2) is 0 Å². The van der Waals surface area contributed by atoms with E-state index >= 15 is 0 Å². The highest BCUT2D eigenvalue weighted by atomic mass is 16.6. The van der Waals surface area contributed by atoms with E-state index in [1.165, 1.54) is 0 Å². The second kappa shape index (κ2) is 5.12. The third kappa shape index (κ3) is 3.80. The molecule has 0 radical (unpaired) electrons. The van der Waals surface area contributed by atoms with E-state index in [9.17, 15) is 9.90 Å². The monoisotopic (exact) mass is 249 g/mol. The number of anilines is 1. The van der Waals surface area contributed by atoms with Crippen LogP contribution in [0.4, 0.5) is 10.5 Å². The topological polar surface area (TPSA) is 58.6 Å². The quantitative estimate of drug-likeness (QED) is 0.786. The maximum Gasteiger partial charge on any atom is 0.412 e. The zero-order chi connectivity index (χ0) is 13.9. The minimum Gasteiger partial charge on any atom is -0.506 e. The largest absolute Gasteiger partial charge is 0.506 e. The molecular weight excluding hydrogens is 230 g/mol. The Labute approximate surface area is 107 Å². The predicted octanol–water partition coefficient (Wildman–Crippen LogP) is 3.69. The van der Waals surface area contributed by atoms with E-state index < -0.39 is 11.7 Å². The van der Waals surface area contributed by atoms with Crippen molar-refractivity contribution in [2.75, 3.05) is 5.32 Å². The molecule has 0 aliphatic rings. The standard InChI is InChI=1S/C14H19NO3/c1-6-10-8-12(16)11(7-9(10)2)15-13(17)18-14(3,4)5/h6-8,16H,1H2,2-5H3,(H,15,17). The molecule has 0 atom stereocenters. The van der Waals surface area contributed by atoms with Gasteiger partial charge in [-0.2, -0.15) is 0 Å². The van der Waals surface area contributed by atoms with Crippen LogP contribution in [0.2, 0.25) is 0 Å². The Morgan fingerprint density at radius 1 is 1.44 bits per heavy atom. The van der Waals surface area contributed by atoms with Crippen molar-refractivity contribution < 1.29 is 14.6 Å². The van der Waals surface area contributed by atoms with E-state index in [1.54, 1.807) is 39.0 Å². The van der Waals surface area contributed by atoms with Gasteiger partial charge in [-0.25, -0.2) is 4.79 Å². The summed E-state index contributed by atoms with van der Waals surface area (Å²) in [5.41, 5.74) is 1.49. The van der Waals surface area contributed by atoms with E-state index in [0.29, 0.717) is 5.69 Å². The maximum atomic E-state index is 11.6. The number of rotatable bonds is 2. The average Bonchev–Trinajstić information content (AvgIpc) is 2.20. The van der Waals surface area contributed by atoms with Gasteiger partial charge in [-0.3, -0.25) is 5.32 Å². The fraction of sp³-hybridized carbons (Fsp3) is 0.357. The SMILES string of the molecule is C=Cc1cc(O)c(NC(=O)OC(C)(C)C)cc1C. The number of benzene rings is 1. The molecule has 0 spiro atoms. The molecule has 0 saturated heterocycles. The normalized spacial score (nSPS) is 10.9. The molecule has 0 saturated carbocycles. The van der Waals surface area contributed by atoms with Gasteiger partial charge in [0.25, 0.3) is 0 Å². The number of carbonyl (C=O) groups excluding carboxylic acids is 1. The summed E-state index contributed by atoms with van der Waals surface area (Å²) in [6.45, 7) is 10.8. The summed E-state index contributed by atoms with van der Waals surface area (Å²) in [7, 11) is 0. The fourth-order valence-electron chi connectivity index (χ4n) is 1.45. The van der Waals surface area contributed by atoms with Crippen LogP contribution >= 0.6 is 0 Å². The van der Waals surface area contributed by atoms with Crippen molar-refractivity contribution in [3.05, 3.63) is 29.8 Å². The van der Waals surface area contributed by atoms with Crippen LogP contribution in [0.1, 0.15) is 31.9 Å². The molecule has 1 amide bonds. The van der Waals surface area contributed by atoms with Gasteiger partial charge >= 0.3 is 6.09 Å². The zero-order valence-electron chi connectivity index (χ0n) is 11.2. The van der Waals surface area contributed by atoms with Crippen LogP contribution in [0.15, 0.2) is 18.7 Å². The van der Waals surface area contributed by atoms with Crippen LogP contribution in [0.3, 0.4) is 0 Å². The van der Waals surface area contributed by atoms with Gasteiger partial charge in [0.2, 0.25) is 0 Å². The third-order valence-electron chi connectivity index (χ3n) is 2.24. The van der Waals surface area contributed by atoms with Crippen LogP contribution in [0, 0.1) is 6.92 Å². The number of phenols is 1. The molecular formula is C14H19NO3. The summed E-state index contributed by atoms with van der Waals surface area (Å²) in [4.78, 5) is 11.6. The molecule has 0 aromatic heterocycles. The first-order valence-electron chi connectivity index (χ1n) is 5.69. The molecule has 1 rings (SSSR count). The Morgan fingerprint density at radius 3 is 2.56 bits per heavy atom. The van der Waals surface area contributed by atoms with Gasteiger partial charge < -0.3 is 9.84 Å². The van der Waals surface area contributed by atoms with E-state index in [0.717, 1.165) is 11.1 Å². The zero-order valence-corrected chi connectivity index (χ0v) is 11.2. The van der Waals surface area contributed by atoms with Gasteiger partial charge in [0.1, 0.15) is 11.4 Å². The summed E-state index contributed by atoms with van der Waals surface area (Å²) in [5, 5.41) is 12.3. The summed E-state index contributed by atoms with van der Waals surface area (Å²) >= 11 is 0. The molecule has 0 aliphatic heterocycles. The summed E-state index contributed by atoms with van der Waals surface area (Å²) in [6.07, 6.45) is 1.05. The van der Waals surface area contributed by atoms with Crippen LogP contribution in [-0.2, 0) is 4.74 Å². The molecule has 0 fully saturated rings. The number of ether oxygens (including phenoxy) is 1. The lowest BCUT2D eigenvalue weighted by molar-refractivity contribution is 0.0635. The van der Waals surface area contributed by atoms with Crippen LogP contribution in [0.25, 0.3) is 6.08 Å². The fourth-order valence-corrected chi connectivity index (χ4v) is 1.45. The molecule has 0 bridgehead atoms. The molecule has 4 nitrogen and oxygen atoms in total. The number of hydrogen-bond acceptors (Lipinski definition) is 3. The van der Waals surface area contributed by atoms with Crippen molar-refractivity contribution >= 4 is 17.9 Å². The Bertz CT molecular complexity index is 473. The molecule has 2 N–H and O–H groups in total. The van der Waals surface area contributed by atoms with E-state index in [4.69, 9.17) is 4.74 Å². The molecule has 18 heavy (non-hydrogen) atoms. The second-order valence-corrected chi connectivity index (χ2v) is 5.06. The minimum absolute atomic E-state index is 0.0126. The summed E-state index contributed by atoms with van der Waals surface area (Å²) < 4.78 is 5.11. The van der Waals surface area contributed by atoms with Crippen LogP contribution in [0.5, 0.6) is 5.75 Å². The lowest BCUT2D eigenvalue weighted by Crippen LogP contribution is -2.27. The van der Waals surface area contributed by atoms with Crippen molar-refractivity contribution in [2.24, 2.45) is 0 Å². The highest BCUT2D eigenvalue weighted by Gasteiger charge is 2.17. The van der Waals surface area contributed by atoms with Crippen molar-refractivity contribution in [3.8, 4) is 5.75 Å². The predicted molar refractivity (Wildman–Crippen MR) is 72.8 cm³/mol. The minimum atomic E-state index is -0.594. The highest BCUT2D eigenvalue weighted by Crippen LogP contribution is 2.28. The number of aryl methyl sites for hydroxylation is 1. The van der Waals surface area contributed by atoms with E-state index in [-0.39, 0.29) is 5.75 Å². The molecule has 4 heteroatoms. The molecule has 98 valence electrons. The van der Waals surface area contributed by atoms with Gasteiger partial charge in [0.05, 0.1) is 5.69 Å². The molecule has 1 aromatic carbocycles. The van der Waals surface area contributed by atoms with E-state index in [2.05, 4.69) is 11.9 Å². The lowest BCUT2D eigenvalue weighted by atomic mass is 10.1. The Morgan fingerprint density at radius 2 is 2.06 bits per heavy atom. The van der Waals surface area contributed by atoms with Crippen molar-refractivity contribution in [2.45, 2.75) is 33.3 Å². The molecule has 0 unspecified atom stereocenters.